The van der Waals surface area contributed by atoms with E-state index in [0.717, 1.165) is 5.56 Å². The Morgan fingerprint density at radius 3 is 2.41 bits per heavy atom. The van der Waals surface area contributed by atoms with Gasteiger partial charge in [-0.05, 0) is 37.1 Å². The Morgan fingerprint density at radius 2 is 1.78 bits per heavy atom. The van der Waals surface area contributed by atoms with Gasteiger partial charge in [0.2, 0.25) is 0 Å². The molecule has 1 heterocycles. The third-order valence-electron chi connectivity index (χ3n) is 4.50. The predicted octanol–water partition coefficient (Wildman–Crippen LogP) is 2.44. The van der Waals surface area contributed by atoms with Gasteiger partial charge in [-0.25, -0.2) is 12.4 Å². The molecule has 142 valence electrons. The van der Waals surface area contributed by atoms with Gasteiger partial charge >= 0.3 is 5.97 Å². The number of esters is 1. The minimum atomic E-state index is -3.94. The van der Waals surface area contributed by atoms with E-state index in [1.165, 1.54) is 11.1 Å². The Kier molecular flexibility index (Phi) is 5.34. The highest BCUT2D eigenvalue weighted by atomic mass is 32.2. The van der Waals surface area contributed by atoms with Crippen molar-refractivity contribution in [3.05, 3.63) is 65.4 Å². The summed E-state index contributed by atoms with van der Waals surface area (Å²) in [6.45, 7) is 1.72. The van der Waals surface area contributed by atoms with Crippen molar-refractivity contribution in [1.82, 2.24) is 3.97 Å². The number of benzene rings is 2. The van der Waals surface area contributed by atoms with Gasteiger partial charge in [0.25, 0.3) is 10.0 Å². The van der Waals surface area contributed by atoms with Crippen LogP contribution in [0.5, 0.6) is 0 Å². The van der Waals surface area contributed by atoms with Gasteiger partial charge in [-0.1, -0.05) is 35.9 Å². The molecule has 0 radical (unpaired) electrons. The second-order valence-electron chi connectivity index (χ2n) is 6.25. The van der Waals surface area contributed by atoms with E-state index in [2.05, 4.69) is 0 Å². The van der Waals surface area contributed by atoms with E-state index in [1.807, 2.05) is 6.92 Å². The molecule has 0 unspecified atom stereocenters. The number of carbonyl (C=O) groups excluding carboxylic acids is 1. The third-order valence-corrected chi connectivity index (χ3v) is 6.27. The van der Waals surface area contributed by atoms with Crippen LogP contribution >= 0.6 is 0 Å². The molecule has 0 atom stereocenters. The second kappa shape index (κ2) is 7.54. The summed E-state index contributed by atoms with van der Waals surface area (Å²) in [6, 6.07) is 13.6. The molecule has 7 heteroatoms. The fraction of sp³-hybridized carbons (Fsp3) is 0.250. The Bertz CT molecular complexity index is 1080. The van der Waals surface area contributed by atoms with Crippen LogP contribution in [0.3, 0.4) is 0 Å². The Hall–Kier alpha value is -2.64. The first-order valence-electron chi connectivity index (χ1n) is 8.51. The van der Waals surface area contributed by atoms with E-state index in [4.69, 9.17) is 4.74 Å². The summed E-state index contributed by atoms with van der Waals surface area (Å²) >= 11 is 0. The van der Waals surface area contributed by atoms with Gasteiger partial charge in [-0.3, -0.25) is 4.79 Å². The molecule has 0 aliphatic heterocycles. The number of hydrogen-bond donors (Lipinski definition) is 1. The quantitative estimate of drug-likeness (QED) is 0.657. The molecule has 0 aliphatic rings. The van der Waals surface area contributed by atoms with Gasteiger partial charge in [0.15, 0.2) is 0 Å². The van der Waals surface area contributed by atoms with Gasteiger partial charge in [-0.15, -0.1) is 0 Å². The molecule has 3 rings (SSSR count). The number of rotatable bonds is 6. The third kappa shape index (κ3) is 3.48. The summed E-state index contributed by atoms with van der Waals surface area (Å²) in [5.41, 5.74) is 2.37. The zero-order valence-corrected chi connectivity index (χ0v) is 16.0. The summed E-state index contributed by atoms with van der Waals surface area (Å²) in [5.74, 6) is -0.544. The van der Waals surface area contributed by atoms with E-state index in [9.17, 15) is 18.3 Å². The van der Waals surface area contributed by atoms with Crippen molar-refractivity contribution in [2.45, 2.75) is 24.7 Å². The summed E-state index contributed by atoms with van der Waals surface area (Å²) in [6.07, 6.45) is 0.0366. The van der Waals surface area contributed by atoms with Crippen molar-refractivity contribution >= 4 is 26.9 Å². The predicted molar refractivity (Wildman–Crippen MR) is 102 cm³/mol. The summed E-state index contributed by atoms with van der Waals surface area (Å²) in [5, 5.41) is 10.2. The number of aromatic nitrogens is 1. The van der Waals surface area contributed by atoms with Crippen LogP contribution in [0.15, 0.2) is 53.4 Å². The minimum absolute atomic E-state index is 0.135. The number of methoxy groups -OCH3 is 1. The van der Waals surface area contributed by atoms with Crippen LogP contribution in [0.25, 0.3) is 10.9 Å². The molecule has 27 heavy (non-hydrogen) atoms. The number of aryl methyl sites for hydroxylation is 1. The maximum absolute atomic E-state index is 13.4. The zero-order chi connectivity index (χ0) is 19.6. The molecule has 0 saturated carbocycles. The van der Waals surface area contributed by atoms with E-state index in [0.29, 0.717) is 22.2 Å². The number of aliphatic hydroxyl groups excluding tert-OH is 1. The average Bonchev–Trinajstić information content (AvgIpc) is 2.96. The highest BCUT2D eigenvalue weighted by Gasteiger charge is 2.27. The molecule has 0 saturated heterocycles. The van der Waals surface area contributed by atoms with Crippen molar-refractivity contribution in [3.63, 3.8) is 0 Å². The number of ether oxygens (including phenoxy) is 1. The fourth-order valence-electron chi connectivity index (χ4n) is 3.20. The van der Waals surface area contributed by atoms with Crippen LogP contribution in [-0.2, 0) is 32.4 Å². The molecular formula is C20H21NO5S. The molecule has 3 aromatic rings. The SMILES string of the molecule is COC(=O)Cc1c(CCO)c2ccccc2n1S(=O)(=O)c1ccc(C)cc1. The molecule has 1 N–H and O–H groups in total. The first kappa shape index (κ1) is 19.1. The van der Waals surface area contributed by atoms with Crippen LogP contribution in [-0.4, -0.2) is 37.2 Å². The number of aliphatic hydroxyl groups is 1. The molecular weight excluding hydrogens is 366 g/mol. The largest absolute Gasteiger partial charge is 0.469 e. The molecule has 0 amide bonds. The van der Waals surface area contributed by atoms with Crippen molar-refractivity contribution in [1.29, 1.82) is 0 Å². The summed E-state index contributed by atoms with van der Waals surface area (Å²) < 4.78 is 32.8. The van der Waals surface area contributed by atoms with Crippen LogP contribution in [0.2, 0.25) is 0 Å². The number of carbonyl (C=O) groups is 1. The fourth-order valence-corrected chi connectivity index (χ4v) is 4.77. The molecule has 0 fully saturated rings. The first-order chi connectivity index (χ1) is 12.9. The van der Waals surface area contributed by atoms with Crippen LogP contribution < -0.4 is 0 Å². The lowest BCUT2D eigenvalue weighted by atomic mass is 10.1. The van der Waals surface area contributed by atoms with Crippen LogP contribution in [0, 0.1) is 6.92 Å². The smallest absolute Gasteiger partial charge is 0.311 e. The lowest BCUT2D eigenvalue weighted by Crippen LogP contribution is -2.19. The topological polar surface area (TPSA) is 85.6 Å². The van der Waals surface area contributed by atoms with Gasteiger partial charge in [-0.2, -0.15) is 0 Å². The summed E-state index contributed by atoms with van der Waals surface area (Å²) in [7, 11) is -2.68. The minimum Gasteiger partial charge on any atom is -0.469 e. The first-order valence-corrected chi connectivity index (χ1v) is 9.95. The highest BCUT2D eigenvalue weighted by Crippen LogP contribution is 2.31. The average molecular weight is 387 g/mol. The number of para-hydroxylation sites is 1. The Morgan fingerprint density at radius 1 is 1.11 bits per heavy atom. The molecule has 6 nitrogen and oxygen atoms in total. The maximum Gasteiger partial charge on any atom is 0.311 e. The van der Waals surface area contributed by atoms with E-state index < -0.39 is 16.0 Å². The second-order valence-corrected chi connectivity index (χ2v) is 8.04. The maximum atomic E-state index is 13.4. The molecule has 1 aromatic heterocycles. The zero-order valence-electron chi connectivity index (χ0n) is 15.2. The van der Waals surface area contributed by atoms with Crippen molar-refractivity contribution in [2.24, 2.45) is 0 Å². The van der Waals surface area contributed by atoms with Crippen molar-refractivity contribution < 1.29 is 23.1 Å². The lowest BCUT2D eigenvalue weighted by Gasteiger charge is -2.13. The monoisotopic (exact) mass is 387 g/mol. The van der Waals surface area contributed by atoms with Gasteiger partial charge in [0.05, 0.1) is 23.9 Å². The standard InChI is InChI=1S/C20H21NO5S/c1-14-7-9-15(10-8-14)27(24,25)21-18-6-4-3-5-16(18)17(11-12-22)19(21)13-20(23)26-2/h3-10,22H,11-13H2,1-2H3. The van der Waals surface area contributed by atoms with Crippen molar-refractivity contribution in [2.75, 3.05) is 13.7 Å². The van der Waals surface area contributed by atoms with Crippen molar-refractivity contribution in [3.8, 4) is 0 Å². The Labute approximate surface area is 158 Å². The number of nitrogens with zero attached hydrogens (tertiary/aromatic N) is 1. The van der Waals surface area contributed by atoms with Gasteiger partial charge < -0.3 is 9.84 Å². The number of hydrogen-bond acceptors (Lipinski definition) is 5. The molecule has 0 bridgehead atoms. The molecule has 0 spiro atoms. The van der Waals surface area contributed by atoms with E-state index >= 15 is 0 Å². The normalized spacial score (nSPS) is 11.7. The number of fused-ring (bicyclic) bond motifs is 1. The van der Waals surface area contributed by atoms with E-state index in [-0.39, 0.29) is 24.3 Å². The molecule has 2 aromatic carbocycles. The molecule has 0 aliphatic carbocycles. The van der Waals surface area contributed by atoms with Crippen LogP contribution in [0.4, 0.5) is 0 Å². The summed E-state index contributed by atoms with van der Waals surface area (Å²) in [4.78, 5) is 12.1. The van der Waals surface area contributed by atoms with E-state index in [1.54, 1.807) is 48.5 Å². The lowest BCUT2D eigenvalue weighted by molar-refractivity contribution is -0.139. The van der Waals surface area contributed by atoms with Gasteiger partial charge in [0.1, 0.15) is 0 Å². The Balaban J connectivity index is 2.34. The van der Waals surface area contributed by atoms with Gasteiger partial charge in [0, 0.05) is 17.7 Å². The highest BCUT2D eigenvalue weighted by molar-refractivity contribution is 7.90. The van der Waals surface area contributed by atoms with Crippen LogP contribution in [0.1, 0.15) is 16.8 Å².